The van der Waals surface area contributed by atoms with Gasteiger partial charge in [0.25, 0.3) is 0 Å². The lowest BCUT2D eigenvalue weighted by Gasteiger charge is -2.38. The van der Waals surface area contributed by atoms with Gasteiger partial charge in [0.15, 0.2) is 0 Å². The molecule has 0 aliphatic rings. The third kappa shape index (κ3) is 3.34. The fourth-order valence-corrected chi connectivity index (χ4v) is 2.71. The molecular formula is C17H10F6O4. The summed E-state index contributed by atoms with van der Waals surface area (Å²) in [4.78, 5) is 21.7. The van der Waals surface area contributed by atoms with E-state index in [0.29, 0.717) is 48.5 Å². The van der Waals surface area contributed by atoms with Crippen molar-refractivity contribution in [1.82, 2.24) is 0 Å². The summed E-state index contributed by atoms with van der Waals surface area (Å²) in [5, 5.41) is 17.6. The molecule has 0 atom stereocenters. The highest BCUT2D eigenvalue weighted by Crippen LogP contribution is 2.56. The van der Waals surface area contributed by atoms with Crippen LogP contribution in [-0.4, -0.2) is 34.5 Å². The van der Waals surface area contributed by atoms with E-state index in [9.17, 15) is 35.9 Å². The number of hydrogen-bond acceptors (Lipinski definition) is 2. The van der Waals surface area contributed by atoms with Crippen LogP contribution in [0, 0.1) is 0 Å². The van der Waals surface area contributed by atoms with Gasteiger partial charge in [-0.05, 0) is 35.4 Å². The topological polar surface area (TPSA) is 74.6 Å². The zero-order chi connectivity index (χ0) is 20.6. The average molecular weight is 392 g/mol. The Labute approximate surface area is 147 Å². The molecule has 144 valence electrons. The Balaban J connectivity index is 2.82. The first-order valence-corrected chi connectivity index (χ1v) is 7.13. The van der Waals surface area contributed by atoms with Crippen LogP contribution >= 0.6 is 0 Å². The average Bonchev–Trinajstić information content (AvgIpc) is 2.53. The van der Waals surface area contributed by atoms with E-state index in [0.717, 1.165) is 0 Å². The lowest BCUT2D eigenvalue weighted by atomic mass is 9.72. The van der Waals surface area contributed by atoms with E-state index in [1.165, 1.54) is 0 Å². The number of halogens is 6. The molecule has 27 heavy (non-hydrogen) atoms. The Morgan fingerprint density at radius 3 is 1.04 bits per heavy atom. The number of carboxylic acids is 2. The number of benzene rings is 2. The van der Waals surface area contributed by atoms with Crippen LogP contribution in [-0.2, 0) is 5.41 Å². The molecule has 0 radical (unpaired) electrons. The summed E-state index contributed by atoms with van der Waals surface area (Å²) >= 11 is 0. The summed E-state index contributed by atoms with van der Waals surface area (Å²) in [6, 6.07) is 4.30. The number of carboxylic acid groups (broad SMARTS) is 2. The minimum atomic E-state index is -5.85. The van der Waals surface area contributed by atoms with Gasteiger partial charge in [-0.1, -0.05) is 24.3 Å². The highest BCUT2D eigenvalue weighted by Gasteiger charge is 2.72. The molecule has 2 N–H and O–H groups in total. The van der Waals surface area contributed by atoms with Crippen molar-refractivity contribution in [2.45, 2.75) is 17.8 Å². The van der Waals surface area contributed by atoms with E-state index in [-0.39, 0.29) is 0 Å². The molecule has 4 nitrogen and oxygen atoms in total. The van der Waals surface area contributed by atoms with Crippen LogP contribution in [0.25, 0.3) is 0 Å². The molecule has 0 aromatic heterocycles. The lowest BCUT2D eigenvalue weighted by Crippen LogP contribution is -2.54. The Bertz CT molecular complexity index is 777. The standard InChI is InChI=1S/C17H10F6O4/c18-16(19,20)15(17(21,22)23,11-5-1-9(2-6-11)13(24)25)12-7-3-10(4-8-12)14(26)27/h1-8H,(H,24,25)(H,26,27). The van der Waals surface area contributed by atoms with Crippen LogP contribution in [0.1, 0.15) is 31.8 Å². The maximum Gasteiger partial charge on any atom is 0.411 e. The molecule has 0 saturated heterocycles. The second kappa shape index (κ2) is 6.60. The van der Waals surface area contributed by atoms with Gasteiger partial charge in [-0.15, -0.1) is 0 Å². The maximum absolute atomic E-state index is 13.8. The number of alkyl halides is 6. The van der Waals surface area contributed by atoms with Gasteiger partial charge in [0.05, 0.1) is 11.1 Å². The maximum atomic E-state index is 13.8. The largest absolute Gasteiger partial charge is 0.478 e. The first kappa shape index (κ1) is 20.3. The zero-order valence-electron chi connectivity index (χ0n) is 13.1. The van der Waals surface area contributed by atoms with Crippen molar-refractivity contribution in [2.24, 2.45) is 0 Å². The predicted molar refractivity (Wildman–Crippen MR) is 79.7 cm³/mol. The molecule has 0 saturated carbocycles. The molecule has 0 spiro atoms. The number of aromatic carboxylic acids is 2. The molecule has 2 aromatic carbocycles. The van der Waals surface area contributed by atoms with E-state index in [2.05, 4.69) is 0 Å². The van der Waals surface area contributed by atoms with E-state index in [4.69, 9.17) is 10.2 Å². The number of hydrogen-bond donors (Lipinski definition) is 2. The summed E-state index contributed by atoms with van der Waals surface area (Å²) in [6.45, 7) is 0. The normalized spacial score (nSPS) is 12.7. The molecule has 10 heteroatoms. The van der Waals surface area contributed by atoms with Crippen molar-refractivity contribution in [3.05, 3.63) is 70.8 Å². The first-order chi connectivity index (χ1) is 12.3. The zero-order valence-corrected chi connectivity index (χ0v) is 13.1. The number of rotatable bonds is 4. The fourth-order valence-electron chi connectivity index (χ4n) is 2.71. The second-order valence-electron chi connectivity index (χ2n) is 5.51. The van der Waals surface area contributed by atoms with Gasteiger partial charge in [0.1, 0.15) is 0 Å². The van der Waals surface area contributed by atoms with Crippen molar-refractivity contribution in [1.29, 1.82) is 0 Å². The minimum absolute atomic E-state index is 0.440. The summed E-state index contributed by atoms with van der Waals surface area (Å²) in [7, 11) is 0. The summed E-state index contributed by atoms with van der Waals surface area (Å²) in [5.41, 5.74) is -7.92. The molecule has 0 aliphatic heterocycles. The molecule has 0 heterocycles. The Morgan fingerprint density at radius 1 is 0.593 bits per heavy atom. The minimum Gasteiger partial charge on any atom is -0.478 e. The summed E-state index contributed by atoms with van der Waals surface area (Å²) < 4.78 is 82.8. The molecule has 0 bridgehead atoms. The summed E-state index contributed by atoms with van der Waals surface area (Å²) in [6.07, 6.45) is -11.7. The van der Waals surface area contributed by atoms with E-state index in [1.807, 2.05) is 0 Å². The molecule has 2 aromatic rings. The van der Waals surface area contributed by atoms with Crippen molar-refractivity contribution >= 4 is 11.9 Å². The second-order valence-corrected chi connectivity index (χ2v) is 5.51. The van der Waals surface area contributed by atoms with Gasteiger partial charge in [0.2, 0.25) is 5.41 Å². The quantitative estimate of drug-likeness (QED) is 0.752. The van der Waals surface area contributed by atoms with Crippen LogP contribution in [0.4, 0.5) is 26.3 Å². The van der Waals surface area contributed by atoms with E-state index in [1.54, 1.807) is 0 Å². The molecule has 0 unspecified atom stereocenters. The van der Waals surface area contributed by atoms with Crippen LogP contribution in [0.5, 0.6) is 0 Å². The van der Waals surface area contributed by atoms with Gasteiger partial charge in [-0.2, -0.15) is 26.3 Å². The highest BCUT2D eigenvalue weighted by atomic mass is 19.4. The predicted octanol–water partition coefficient (Wildman–Crippen LogP) is 4.49. The van der Waals surface area contributed by atoms with E-state index >= 15 is 0 Å². The Hall–Kier alpha value is -3.04. The van der Waals surface area contributed by atoms with E-state index < -0.39 is 52.0 Å². The fraction of sp³-hybridized carbons (Fsp3) is 0.176. The van der Waals surface area contributed by atoms with Crippen molar-refractivity contribution in [2.75, 3.05) is 0 Å². The summed E-state index contributed by atoms with van der Waals surface area (Å²) in [5.74, 6) is -3.03. The lowest BCUT2D eigenvalue weighted by molar-refractivity contribution is -0.288. The Morgan fingerprint density at radius 2 is 0.852 bits per heavy atom. The molecule has 2 rings (SSSR count). The van der Waals surface area contributed by atoms with Gasteiger partial charge >= 0.3 is 24.3 Å². The van der Waals surface area contributed by atoms with Crippen molar-refractivity contribution in [3.8, 4) is 0 Å². The van der Waals surface area contributed by atoms with Gasteiger partial charge in [-0.3, -0.25) is 0 Å². The van der Waals surface area contributed by atoms with Crippen molar-refractivity contribution < 1.29 is 46.1 Å². The third-order valence-corrected chi connectivity index (χ3v) is 3.98. The van der Waals surface area contributed by atoms with Crippen LogP contribution in [0.3, 0.4) is 0 Å². The smallest absolute Gasteiger partial charge is 0.411 e. The molecular weight excluding hydrogens is 382 g/mol. The van der Waals surface area contributed by atoms with Gasteiger partial charge in [0, 0.05) is 0 Å². The van der Waals surface area contributed by atoms with Crippen LogP contribution in [0.15, 0.2) is 48.5 Å². The van der Waals surface area contributed by atoms with Crippen LogP contribution in [0.2, 0.25) is 0 Å². The first-order valence-electron chi connectivity index (χ1n) is 7.13. The SMILES string of the molecule is O=C(O)c1ccc(C(c2ccc(C(=O)O)cc2)(C(F)(F)F)C(F)(F)F)cc1. The monoisotopic (exact) mass is 392 g/mol. The molecule has 0 aliphatic carbocycles. The van der Waals surface area contributed by atoms with Gasteiger partial charge < -0.3 is 10.2 Å². The molecule has 0 amide bonds. The number of carbonyl (C=O) groups is 2. The highest BCUT2D eigenvalue weighted by molar-refractivity contribution is 5.88. The van der Waals surface area contributed by atoms with Crippen LogP contribution < -0.4 is 0 Å². The van der Waals surface area contributed by atoms with Crippen molar-refractivity contribution in [3.63, 3.8) is 0 Å². The Kier molecular flexibility index (Phi) is 4.96. The molecule has 0 fully saturated rings. The van der Waals surface area contributed by atoms with Gasteiger partial charge in [-0.25, -0.2) is 9.59 Å². The third-order valence-electron chi connectivity index (χ3n) is 3.98.